The van der Waals surface area contributed by atoms with E-state index in [1.54, 1.807) is 0 Å². The van der Waals surface area contributed by atoms with Crippen LogP contribution < -0.4 is 9.80 Å². The van der Waals surface area contributed by atoms with E-state index in [9.17, 15) is 0 Å². The Morgan fingerprint density at radius 2 is 0.644 bits per heavy atom. The molecule has 0 bridgehead atoms. The zero-order valence-corrected chi connectivity index (χ0v) is 27.1. The van der Waals surface area contributed by atoms with Gasteiger partial charge in [-0.1, -0.05) is 97.7 Å². The Bertz CT molecular complexity index is 1710. The standard InChI is InChI=1S/C41H36Cl2N2/c1-3-41(4-2,31-15-23-37(24-16-31)44(35-11-7-5-8-12-35)36-13-9-6-10-14-36)32-17-25-38(26-18-32)45(39-27-19-33(42)20-28-39)40-29-21-34(43)22-30-40/h5-30H,3-4H2,1-2H3. The summed E-state index contributed by atoms with van der Waals surface area (Å²) in [4.78, 5) is 4.53. The normalized spacial score (nSPS) is 11.3. The minimum absolute atomic E-state index is 0.118. The number of para-hydroxylation sites is 2. The molecule has 0 aliphatic carbocycles. The topological polar surface area (TPSA) is 6.48 Å². The zero-order valence-electron chi connectivity index (χ0n) is 25.6. The van der Waals surface area contributed by atoms with Gasteiger partial charge in [0.1, 0.15) is 0 Å². The van der Waals surface area contributed by atoms with Gasteiger partial charge in [-0.2, -0.15) is 0 Å². The summed E-state index contributed by atoms with van der Waals surface area (Å²) in [6, 6.07) is 55.1. The third-order valence-electron chi connectivity index (χ3n) is 8.76. The second-order valence-corrected chi connectivity index (χ2v) is 12.1. The smallest absolute Gasteiger partial charge is 0.0462 e. The molecular formula is C41H36Cl2N2. The van der Waals surface area contributed by atoms with Gasteiger partial charge in [0, 0.05) is 49.6 Å². The molecule has 0 aromatic heterocycles. The van der Waals surface area contributed by atoms with Crippen LogP contribution in [0.1, 0.15) is 37.8 Å². The number of anilines is 6. The fourth-order valence-electron chi connectivity index (χ4n) is 6.32. The SMILES string of the molecule is CCC(CC)(c1ccc(N(c2ccccc2)c2ccccc2)cc1)c1ccc(N(c2ccc(Cl)cc2)c2ccc(Cl)cc2)cc1. The molecule has 0 aliphatic rings. The first-order valence-corrected chi connectivity index (χ1v) is 16.2. The van der Waals surface area contributed by atoms with Crippen molar-refractivity contribution in [1.29, 1.82) is 0 Å². The molecule has 0 spiro atoms. The summed E-state index contributed by atoms with van der Waals surface area (Å²) < 4.78 is 0. The number of halogens is 2. The highest BCUT2D eigenvalue weighted by atomic mass is 35.5. The summed E-state index contributed by atoms with van der Waals surface area (Å²) in [6.45, 7) is 4.58. The maximum atomic E-state index is 6.24. The van der Waals surface area contributed by atoms with Crippen LogP contribution in [0.4, 0.5) is 34.1 Å². The van der Waals surface area contributed by atoms with E-state index in [0.29, 0.717) is 10.0 Å². The Kier molecular flexibility index (Phi) is 9.26. The Hall–Kier alpha value is -4.50. The number of benzene rings is 6. The molecule has 0 aliphatic heterocycles. The fourth-order valence-corrected chi connectivity index (χ4v) is 6.57. The van der Waals surface area contributed by atoms with E-state index in [4.69, 9.17) is 23.2 Å². The van der Waals surface area contributed by atoms with E-state index in [0.717, 1.165) is 47.0 Å². The molecule has 0 radical (unpaired) electrons. The van der Waals surface area contributed by atoms with Gasteiger partial charge in [0.25, 0.3) is 0 Å². The van der Waals surface area contributed by atoms with Crippen LogP contribution in [0.2, 0.25) is 10.0 Å². The van der Waals surface area contributed by atoms with Crippen molar-refractivity contribution < 1.29 is 0 Å². The summed E-state index contributed by atoms with van der Waals surface area (Å²) in [5.41, 5.74) is 9.04. The molecule has 0 saturated carbocycles. The number of rotatable bonds is 10. The van der Waals surface area contributed by atoms with Gasteiger partial charge in [0.15, 0.2) is 0 Å². The van der Waals surface area contributed by atoms with Crippen LogP contribution in [-0.4, -0.2) is 0 Å². The molecule has 0 amide bonds. The molecule has 45 heavy (non-hydrogen) atoms. The van der Waals surface area contributed by atoms with Crippen LogP contribution in [0.3, 0.4) is 0 Å². The molecule has 0 saturated heterocycles. The fraction of sp³-hybridized carbons (Fsp3) is 0.122. The van der Waals surface area contributed by atoms with E-state index in [1.165, 1.54) is 11.1 Å². The highest BCUT2D eigenvalue weighted by Crippen LogP contribution is 2.43. The highest BCUT2D eigenvalue weighted by molar-refractivity contribution is 6.31. The van der Waals surface area contributed by atoms with Gasteiger partial charge in [-0.3, -0.25) is 0 Å². The van der Waals surface area contributed by atoms with Crippen LogP contribution in [-0.2, 0) is 5.41 Å². The predicted molar refractivity (Wildman–Crippen MR) is 194 cm³/mol. The van der Waals surface area contributed by atoms with Crippen molar-refractivity contribution in [3.8, 4) is 0 Å². The molecule has 0 atom stereocenters. The Balaban J connectivity index is 1.36. The zero-order chi connectivity index (χ0) is 31.2. The minimum Gasteiger partial charge on any atom is -0.311 e. The summed E-state index contributed by atoms with van der Waals surface area (Å²) >= 11 is 12.5. The van der Waals surface area contributed by atoms with Gasteiger partial charge in [0.2, 0.25) is 0 Å². The molecular weight excluding hydrogens is 591 g/mol. The summed E-state index contributed by atoms with van der Waals surface area (Å²) in [7, 11) is 0. The summed E-state index contributed by atoms with van der Waals surface area (Å²) in [6.07, 6.45) is 1.97. The van der Waals surface area contributed by atoms with E-state index >= 15 is 0 Å². The van der Waals surface area contributed by atoms with Crippen molar-refractivity contribution in [3.05, 3.63) is 179 Å². The minimum atomic E-state index is -0.118. The molecule has 0 N–H and O–H groups in total. The van der Waals surface area contributed by atoms with Crippen molar-refractivity contribution in [2.75, 3.05) is 9.80 Å². The predicted octanol–water partition coefficient (Wildman–Crippen LogP) is 13.0. The van der Waals surface area contributed by atoms with Crippen molar-refractivity contribution in [1.82, 2.24) is 0 Å². The maximum Gasteiger partial charge on any atom is 0.0462 e. The Labute approximate surface area is 277 Å². The van der Waals surface area contributed by atoms with Gasteiger partial charge >= 0.3 is 0 Å². The lowest BCUT2D eigenvalue weighted by atomic mass is 9.70. The number of hydrogen-bond acceptors (Lipinski definition) is 2. The molecule has 0 unspecified atom stereocenters. The lowest BCUT2D eigenvalue weighted by molar-refractivity contribution is 0.478. The first-order chi connectivity index (χ1) is 22.0. The second kappa shape index (κ2) is 13.6. The Morgan fingerprint density at radius 1 is 0.378 bits per heavy atom. The van der Waals surface area contributed by atoms with E-state index in [2.05, 4.69) is 133 Å². The van der Waals surface area contributed by atoms with E-state index in [1.807, 2.05) is 48.5 Å². The third-order valence-corrected chi connectivity index (χ3v) is 9.27. The lowest BCUT2D eigenvalue weighted by Crippen LogP contribution is -2.26. The average molecular weight is 628 g/mol. The van der Waals surface area contributed by atoms with Gasteiger partial charge in [-0.15, -0.1) is 0 Å². The second-order valence-electron chi connectivity index (χ2n) is 11.2. The average Bonchev–Trinajstić information content (AvgIpc) is 3.10. The van der Waals surface area contributed by atoms with Gasteiger partial charge in [-0.25, -0.2) is 0 Å². The first kappa shape index (κ1) is 30.5. The van der Waals surface area contributed by atoms with Gasteiger partial charge in [0.05, 0.1) is 0 Å². The quantitative estimate of drug-likeness (QED) is 0.149. The molecule has 0 heterocycles. The van der Waals surface area contributed by atoms with Crippen LogP contribution in [0.25, 0.3) is 0 Å². The number of nitrogens with zero attached hydrogens (tertiary/aromatic N) is 2. The van der Waals surface area contributed by atoms with Gasteiger partial charge < -0.3 is 9.80 Å². The third kappa shape index (κ3) is 6.35. The molecule has 0 fully saturated rings. The molecule has 6 rings (SSSR count). The molecule has 4 heteroatoms. The lowest BCUT2D eigenvalue weighted by Gasteiger charge is -2.35. The molecule has 2 nitrogen and oxygen atoms in total. The monoisotopic (exact) mass is 626 g/mol. The number of hydrogen-bond donors (Lipinski definition) is 0. The van der Waals surface area contributed by atoms with Crippen LogP contribution in [0.15, 0.2) is 158 Å². The van der Waals surface area contributed by atoms with Crippen molar-refractivity contribution in [2.45, 2.75) is 32.1 Å². The van der Waals surface area contributed by atoms with Crippen LogP contribution in [0, 0.1) is 0 Å². The van der Waals surface area contributed by atoms with Gasteiger partial charge in [-0.05, 0) is 121 Å². The van der Waals surface area contributed by atoms with Crippen LogP contribution >= 0.6 is 23.2 Å². The first-order valence-electron chi connectivity index (χ1n) is 15.4. The van der Waals surface area contributed by atoms with E-state index < -0.39 is 0 Å². The highest BCUT2D eigenvalue weighted by Gasteiger charge is 2.31. The molecule has 224 valence electrons. The van der Waals surface area contributed by atoms with Crippen molar-refractivity contribution in [2.24, 2.45) is 0 Å². The summed E-state index contributed by atoms with van der Waals surface area (Å²) in [5.74, 6) is 0. The van der Waals surface area contributed by atoms with Crippen molar-refractivity contribution in [3.63, 3.8) is 0 Å². The molecule has 6 aromatic carbocycles. The summed E-state index contributed by atoms with van der Waals surface area (Å²) in [5, 5.41) is 1.42. The molecule has 6 aromatic rings. The Morgan fingerprint density at radius 3 is 0.933 bits per heavy atom. The van der Waals surface area contributed by atoms with Crippen LogP contribution in [0.5, 0.6) is 0 Å². The largest absolute Gasteiger partial charge is 0.311 e. The van der Waals surface area contributed by atoms with E-state index in [-0.39, 0.29) is 5.41 Å². The van der Waals surface area contributed by atoms with Crippen molar-refractivity contribution >= 4 is 57.3 Å². The maximum absolute atomic E-state index is 6.24.